The Kier molecular flexibility index (Phi) is 7.77. The zero-order valence-electron chi connectivity index (χ0n) is 19.9. The van der Waals surface area contributed by atoms with E-state index in [9.17, 15) is 9.59 Å². The number of aryl methyl sites for hydroxylation is 2. The van der Waals surface area contributed by atoms with E-state index < -0.39 is 0 Å². The van der Waals surface area contributed by atoms with Crippen LogP contribution in [-0.4, -0.2) is 36.4 Å². The molecule has 0 unspecified atom stereocenters. The Morgan fingerprint density at radius 1 is 0.857 bits per heavy atom. The number of methoxy groups -OCH3 is 1. The van der Waals surface area contributed by atoms with Crippen LogP contribution < -0.4 is 14.2 Å². The second-order valence-electron chi connectivity index (χ2n) is 8.18. The standard InChI is InChI=1S/C28H27NO5S/c1-19-7-10-23(11-8-19)33-13-14-34-24-12-9-21(16-25(24)32-3)17-26-27(30)29(28(31)35-26)18-22-6-4-5-20(2)15-22/h4-12,15-17H,13-14,18H2,1-3H3/b26-17-. The van der Waals surface area contributed by atoms with Crippen LogP contribution in [0.15, 0.2) is 71.6 Å². The van der Waals surface area contributed by atoms with Gasteiger partial charge in [-0.1, -0.05) is 53.6 Å². The number of rotatable bonds is 9. The molecular formula is C28H27NO5S. The smallest absolute Gasteiger partial charge is 0.293 e. The van der Waals surface area contributed by atoms with Crippen LogP contribution in [0.3, 0.4) is 0 Å². The highest BCUT2D eigenvalue weighted by Crippen LogP contribution is 2.35. The van der Waals surface area contributed by atoms with E-state index in [-0.39, 0.29) is 17.7 Å². The van der Waals surface area contributed by atoms with Crippen LogP contribution in [0.4, 0.5) is 4.79 Å². The Balaban J connectivity index is 1.38. The van der Waals surface area contributed by atoms with Gasteiger partial charge >= 0.3 is 0 Å². The Labute approximate surface area is 209 Å². The number of carbonyl (C=O) groups excluding carboxylic acids is 2. The van der Waals surface area contributed by atoms with Gasteiger partial charge in [-0.25, -0.2) is 0 Å². The van der Waals surface area contributed by atoms with E-state index >= 15 is 0 Å². The molecule has 0 spiro atoms. The van der Waals surface area contributed by atoms with Crippen molar-refractivity contribution in [3.8, 4) is 17.2 Å². The molecule has 0 saturated carbocycles. The van der Waals surface area contributed by atoms with Crippen molar-refractivity contribution in [2.24, 2.45) is 0 Å². The van der Waals surface area contributed by atoms with Gasteiger partial charge in [0.1, 0.15) is 19.0 Å². The van der Waals surface area contributed by atoms with Crippen molar-refractivity contribution < 1.29 is 23.8 Å². The molecule has 6 nitrogen and oxygen atoms in total. The van der Waals surface area contributed by atoms with Crippen LogP contribution in [-0.2, 0) is 11.3 Å². The summed E-state index contributed by atoms with van der Waals surface area (Å²) in [4.78, 5) is 27.0. The van der Waals surface area contributed by atoms with Gasteiger partial charge in [0.25, 0.3) is 11.1 Å². The van der Waals surface area contributed by atoms with Gasteiger partial charge in [-0.2, -0.15) is 0 Å². The summed E-state index contributed by atoms with van der Waals surface area (Å²) < 4.78 is 17.0. The number of hydrogen-bond donors (Lipinski definition) is 0. The van der Waals surface area contributed by atoms with E-state index in [4.69, 9.17) is 14.2 Å². The molecule has 0 N–H and O–H groups in total. The second kappa shape index (κ2) is 11.1. The van der Waals surface area contributed by atoms with Crippen molar-refractivity contribution in [1.82, 2.24) is 4.90 Å². The van der Waals surface area contributed by atoms with Gasteiger partial charge in [0, 0.05) is 0 Å². The highest BCUT2D eigenvalue weighted by Gasteiger charge is 2.35. The fourth-order valence-corrected chi connectivity index (χ4v) is 4.46. The molecule has 1 heterocycles. The molecule has 2 amide bonds. The van der Waals surface area contributed by atoms with Crippen molar-refractivity contribution >= 4 is 29.0 Å². The van der Waals surface area contributed by atoms with E-state index in [1.165, 1.54) is 10.5 Å². The molecule has 0 atom stereocenters. The molecule has 3 aromatic rings. The van der Waals surface area contributed by atoms with Gasteiger partial charge < -0.3 is 14.2 Å². The van der Waals surface area contributed by atoms with Crippen molar-refractivity contribution in [3.05, 3.63) is 93.9 Å². The maximum atomic E-state index is 12.9. The molecule has 0 aliphatic carbocycles. The quantitative estimate of drug-likeness (QED) is 0.271. The summed E-state index contributed by atoms with van der Waals surface area (Å²) in [5.41, 5.74) is 3.92. The number of ether oxygens (including phenoxy) is 3. The van der Waals surface area contributed by atoms with Gasteiger partial charge in [-0.15, -0.1) is 0 Å². The fraction of sp³-hybridized carbons (Fsp3) is 0.214. The van der Waals surface area contributed by atoms with E-state index in [2.05, 4.69) is 0 Å². The molecule has 4 rings (SSSR count). The molecular weight excluding hydrogens is 462 g/mol. The molecule has 0 bridgehead atoms. The minimum Gasteiger partial charge on any atom is -0.493 e. The van der Waals surface area contributed by atoms with Gasteiger partial charge in [0.2, 0.25) is 0 Å². The highest BCUT2D eigenvalue weighted by atomic mass is 32.2. The van der Waals surface area contributed by atoms with E-state index in [0.717, 1.165) is 34.2 Å². The lowest BCUT2D eigenvalue weighted by molar-refractivity contribution is -0.123. The maximum Gasteiger partial charge on any atom is 0.293 e. The molecule has 1 fully saturated rings. The molecule has 1 saturated heterocycles. The molecule has 7 heteroatoms. The van der Waals surface area contributed by atoms with E-state index in [1.807, 2.05) is 68.4 Å². The van der Waals surface area contributed by atoms with Crippen LogP contribution in [0.5, 0.6) is 17.2 Å². The first kappa shape index (κ1) is 24.4. The molecule has 1 aliphatic rings. The minimum atomic E-state index is -0.297. The van der Waals surface area contributed by atoms with Crippen LogP contribution in [0.25, 0.3) is 6.08 Å². The molecule has 180 valence electrons. The third kappa shape index (κ3) is 6.25. The summed E-state index contributed by atoms with van der Waals surface area (Å²) in [6.07, 6.45) is 1.70. The summed E-state index contributed by atoms with van der Waals surface area (Å²) >= 11 is 0.943. The van der Waals surface area contributed by atoms with Gasteiger partial charge in [-0.3, -0.25) is 14.5 Å². The summed E-state index contributed by atoms with van der Waals surface area (Å²) in [6, 6.07) is 21.0. The minimum absolute atomic E-state index is 0.254. The Morgan fingerprint density at radius 3 is 2.37 bits per heavy atom. The first-order valence-electron chi connectivity index (χ1n) is 11.2. The first-order valence-corrected chi connectivity index (χ1v) is 12.1. The van der Waals surface area contributed by atoms with Crippen molar-refractivity contribution in [3.63, 3.8) is 0 Å². The average Bonchev–Trinajstić information content (AvgIpc) is 3.10. The predicted octanol–water partition coefficient (Wildman–Crippen LogP) is 6.01. The zero-order chi connectivity index (χ0) is 24.8. The lowest BCUT2D eigenvalue weighted by Crippen LogP contribution is -2.27. The normalized spacial score (nSPS) is 14.5. The van der Waals surface area contributed by atoms with E-state index in [1.54, 1.807) is 25.3 Å². The topological polar surface area (TPSA) is 65.1 Å². The number of imide groups is 1. The predicted molar refractivity (Wildman–Crippen MR) is 138 cm³/mol. The molecule has 0 aromatic heterocycles. The van der Waals surface area contributed by atoms with Gasteiger partial charge in [-0.05, 0) is 67.1 Å². The highest BCUT2D eigenvalue weighted by molar-refractivity contribution is 8.18. The number of carbonyl (C=O) groups is 2. The molecule has 0 radical (unpaired) electrons. The lowest BCUT2D eigenvalue weighted by atomic mass is 10.1. The average molecular weight is 490 g/mol. The van der Waals surface area contributed by atoms with Crippen molar-refractivity contribution in [2.75, 3.05) is 20.3 Å². The van der Waals surface area contributed by atoms with Crippen LogP contribution >= 0.6 is 11.8 Å². The molecule has 1 aliphatic heterocycles. The Bertz CT molecular complexity index is 1250. The fourth-order valence-electron chi connectivity index (χ4n) is 3.62. The van der Waals surface area contributed by atoms with Gasteiger partial charge in [0.15, 0.2) is 11.5 Å². The van der Waals surface area contributed by atoms with Crippen LogP contribution in [0, 0.1) is 13.8 Å². The van der Waals surface area contributed by atoms with E-state index in [0.29, 0.717) is 29.6 Å². The second-order valence-corrected chi connectivity index (χ2v) is 9.17. The number of benzene rings is 3. The van der Waals surface area contributed by atoms with Crippen LogP contribution in [0.1, 0.15) is 22.3 Å². The lowest BCUT2D eigenvalue weighted by Gasteiger charge is -2.13. The first-order chi connectivity index (χ1) is 16.9. The Hall–Kier alpha value is -3.71. The van der Waals surface area contributed by atoms with Crippen molar-refractivity contribution in [2.45, 2.75) is 20.4 Å². The SMILES string of the molecule is COc1cc(/C=C2\SC(=O)N(Cc3cccc(C)c3)C2=O)ccc1OCCOc1ccc(C)cc1. The van der Waals surface area contributed by atoms with Gasteiger partial charge in [0.05, 0.1) is 18.6 Å². The summed E-state index contributed by atoms with van der Waals surface area (Å²) in [5.74, 6) is 1.60. The molecule has 35 heavy (non-hydrogen) atoms. The summed E-state index contributed by atoms with van der Waals surface area (Å²) in [7, 11) is 1.56. The zero-order valence-corrected chi connectivity index (χ0v) is 20.8. The molecule has 3 aromatic carbocycles. The van der Waals surface area contributed by atoms with Crippen LogP contribution in [0.2, 0.25) is 0 Å². The summed E-state index contributed by atoms with van der Waals surface area (Å²) in [5, 5.41) is -0.275. The monoisotopic (exact) mass is 489 g/mol. The Morgan fingerprint density at radius 2 is 1.63 bits per heavy atom. The van der Waals surface area contributed by atoms with Crippen molar-refractivity contribution in [1.29, 1.82) is 0 Å². The number of amides is 2. The number of nitrogens with zero attached hydrogens (tertiary/aromatic N) is 1. The largest absolute Gasteiger partial charge is 0.493 e. The maximum absolute atomic E-state index is 12.9. The number of thioether (sulfide) groups is 1. The third-order valence-corrected chi connectivity index (χ3v) is 6.32. The third-order valence-electron chi connectivity index (χ3n) is 5.41. The summed E-state index contributed by atoms with van der Waals surface area (Å²) in [6.45, 7) is 5.00. The number of hydrogen-bond acceptors (Lipinski definition) is 6.